The lowest BCUT2D eigenvalue weighted by molar-refractivity contribution is 0.617. The summed E-state index contributed by atoms with van der Waals surface area (Å²) in [5, 5.41) is 0. The smallest absolute Gasteiger partial charge is 0.0133 e. The summed E-state index contributed by atoms with van der Waals surface area (Å²) in [5.74, 6) is 3.44. The van der Waals surface area contributed by atoms with Crippen LogP contribution in [0.15, 0.2) is 0 Å². The highest BCUT2D eigenvalue weighted by atomic mass is 32.2. The van der Waals surface area contributed by atoms with Crippen molar-refractivity contribution in [2.75, 3.05) is 11.5 Å². The molecule has 0 heterocycles. The Hall–Kier alpha value is 0.310. The van der Waals surface area contributed by atoms with E-state index in [0.717, 1.165) is 5.92 Å². The first-order valence-electron chi connectivity index (χ1n) is 4.66. The number of thioether (sulfide) groups is 1. The molecule has 1 aliphatic rings. The van der Waals surface area contributed by atoms with Gasteiger partial charge in [0.15, 0.2) is 0 Å². The predicted molar refractivity (Wildman–Crippen MR) is 52.9 cm³/mol. The van der Waals surface area contributed by atoms with Crippen LogP contribution in [0.5, 0.6) is 0 Å². The van der Waals surface area contributed by atoms with Crippen molar-refractivity contribution in [2.24, 2.45) is 11.7 Å². The van der Waals surface area contributed by atoms with Gasteiger partial charge in [0.25, 0.3) is 0 Å². The summed E-state index contributed by atoms with van der Waals surface area (Å²) in [6.07, 6.45) is 5.43. The van der Waals surface area contributed by atoms with E-state index in [9.17, 15) is 0 Å². The first kappa shape index (κ1) is 9.40. The van der Waals surface area contributed by atoms with E-state index >= 15 is 0 Å². The molecule has 1 saturated carbocycles. The Morgan fingerprint density at radius 3 is 2.82 bits per heavy atom. The zero-order chi connectivity index (χ0) is 8.10. The lowest BCUT2D eigenvalue weighted by Crippen LogP contribution is -2.23. The first-order chi connectivity index (χ1) is 5.33. The fraction of sp³-hybridized carbons (Fsp3) is 1.00. The molecule has 0 bridgehead atoms. The summed E-state index contributed by atoms with van der Waals surface area (Å²) >= 11 is 2.01. The fourth-order valence-corrected chi connectivity index (χ4v) is 2.12. The lowest BCUT2D eigenvalue weighted by Gasteiger charge is -2.09. The van der Waals surface area contributed by atoms with Crippen molar-refractivity contribution in [2.45, 2.75) is 38.6 Å². The average Bonchev–Trinajstić information content (AvgIpc) is 2.72. The van der Waals surface area contributed by atoms with Gasteiger partial charge in [-0.1, -0.05) is 19.8 Å². The van der Waals surface area contributed by atoms with Crippen LogP contribution in [0.2, 0.25) is 0 Å². The van der Waals surface area contributed by atoms with Crippen LogP contribution >= 0.6 is 11.8 Å². The monoisotopic (exact) mass is 173 g/mol. The topological polar surface area (TPSA) is 26.0 Å². The number of rotatable bonds is 6. The Kier molecular flexibility index (Phi) is 4.31. The molecule has 0 spiro atoms. The SMILES string of the molecule is CCCSCC(N)CC1CC1. The van der Waals surface area contributed by atoms with Gasteiger partial charge in [0, 0.05) is 11.8 Å². The maximum absolute atomic E-state index is 5.93. The highest BCUT2D eigenvalue weighted by molar-refractivity contribution is 7.99. The molecule has 0 aromatic heterocycles. The molecule has 1 aliphatic carbocycles. The van der Waals surface area contributed by atoms with Crippen LogP contribution in [0, 0.1) is 5.92 Å². The van der Waals surface area contributed by atoms with Crippen LogP contribution in [0.1, 0.15) is 32.6 Å². The van der Waals surface area contributed by atoms with Crippen molar-refractivity contribution in [1.29, 1.82) is 0 Å². The summed E-state index contributed by atoms with van der Waals surface area (Å²) in [4.78, 5) is 0. The number of hydrogen-bond acceptors (Lipinski definition) is 2. The van der Waals surface area contributed by atoms with Crippen LogP contribution in [0.3, 0.4) is 0 Å². The molecule has 0 aromatic carbocycles. The van der Waals surface area contributed by atoms with Crippen LogP contribution in [-0.4, -0.2) is 17.5 Å². The Bertz CT molecular complexity index is 102. The molecular weight excluding hydrogens is 154 g/mol. The van der Waals surface area contributed by atoms with Gasteiger partial charge in [-0.2, -0.15) is 11.8 Å². The van der Waals surface area contributed by atoms with Crippen LogP contribution in [0.25, 0.3) is 0 Å². The van der Waals surface area contributed by atoms with E-state index in [0.29, 0.717) is 6.04 Å². The molecule has 1 unspecified atom stereocenters. The first-order valence-corrected chi connectivity index (χ1v) is 5.81. The molecule has 0 amide bonds. The van der Waals surface area contributed by atoms with Crippen molar-refractivity contribution >= 4 is 11.8 Å². The van der Waals surface area contributed by atoms with Crippen molar-refractivity contribution in [1.82, 2.24) is 0 Å². The molecule has 11 heavy (non-hydrogen) atoms. The molecule has 66 valence electrons. The molecule has 0 radical (unpaired) electrons. The van der Waals surface area contributed by atoms with Crippen molar-refractivity contribution in [3.8, 4) is 0 Å². The third-order valence-corrected chi connectivity index (χ3v) is 3.37. The number of hydrogen-bond donors (Lipinski definition) is 1. The van der Waals surface area contributed by atoms with Crippen LogP contribution in [-0.2, 0) is 0 Å². The van der Waals surface area contributed by atoms with Gasteiger partial charge < -0.3 is 5.73 Å². The average molecular weight is 173 g/mol. The van der Waals surface area contributed by atoms with Gasteiger partial charge in [0.2, 0.25) is 0 Å². The van der Waals surface area contributed by atoms with Crippen LogP contribution < -0.4 is 5.73 Å². The van der Waals surface area contributed by atoms with Gasteiger partial charge in [-0.05, 0) is 24.5 Å². The van der Waals surface area contributed by atoms with Gasteiger partial charge in [-0.25, -0.2) is 0 Å². The Morgan fingerprint density at radius 1 is 1.55 bits per heavy atom. The van der Waals surface area contributed by atoms with E-state index in [-0.39, 0.29) is 0 Å². The normalized spacial score (nSPS) is 20.2. The molecule has 1 fully saturated rings. The summed E-state index contributed by atoms with van der Waals surface area (Å²) in [7, 11) is 0. The van der Waals surface area contributed by atoms with E-state index in [1.165, 1.54) is 37.2 Å². The van der Waals surface area contributed by atoms with E-state index < -0.39 is 0 Å². The maximum atomic E-state index is 5.93. The summed E-state index contributed by atoms with van der Waals surface area (Å²) in [6.45, 7) is 2.22. The molecule has 0 aromatic rings. The highest BCUT2D eigenvalue weighted by Gasteiger charge is 2.23. The fourth-order valence-electron chi connectivity index (χ4n) is 1.23. The molecule has 1 rings (SSSR count). The van der Waals surface area contributed by atoms with E-state index in [4.69, 9.17) is 5.73 Å². The second kappa shape index (κ2) is 5.04. The third kappa shape index (κ3) is 4.70. The zero-order valence-electron chi connectivity index (χ0n) is 7.38. The van der Waals surface area contributed by atoms with Crippen molar-refractivity contribution in [3.05, 3.63) is 0 Å². The standard InChI is InChI=1S/C9H19NS/c1-2-5-11-7-9(10)6-8-3-4-8/h8-9H,2-7,10H2,1H3. The van der Waals surface area contributed by atoms with Crippen molar-refractivity contribution in [3.63, 3.8) is 0 Å². The van der Waals surface area contributed by atoms with Gasteiger partial charge in [0.1, 0.15) is 0 Å². The molecule has 2 heteroatoms. The Balaban J connectivity index is 1.87. The predicted octanol–water partition coefficient (Wildman–Crippen LogP) is 2.26. The van der Waals surface area contributed by atoms with Crippen molar-refractivity contribution < 1.29 is 0 Å². The minimum atomic E-state index is 0.471. The third-order valence-electron chi connectivity index (χ3n) is 2.01. The summed E-state index contributed by atoms with van der Waals surface area (Å²) < 4.78 is 0. The second-order valence-corrected chi connectivity index (χ2v) is 4.66. The molecule has 2 N–H and O–H groups in total. The quantitative estimate of drug-likeness (QED) is 0.623. The summed E-state index contributed by atoms with van der Waals surface area (Å²) in [6, 6.07) is 0.471. The largest absolute Gasteiger partial charge is 0.327 e. The Labute approximate surface area is 74.1 Å². The zero-order valence-corrected chi connectivity index (χ0v) is 8.20. The minimum Gasteiger partial charge on any atom is -0.327 e. The van der Waals surface area contributed by atoms with Gasteiger partial charge in [-0.3, -0.25) is 0 Å². The number of nitrogens with two attached hydrogens (primary N) is 1. The maximum Gasteiger partial charge on any atom is 0.0133 e. The minimum absolute atomic E-state index is 0.471. The van der Waals surface area contributed by atoms with E-state index in [2.05, 4.69) is 6.92 Å². The van der Waals surface area contributed by atoms with Gasteiger partial charge >= 0.3 is 0 Å². The van der Waals surface area contributed by atoms with Gasteiger partial charge in [0.05, 0.1) is 0 Å². The van der Waals surface area contributed by atoms with Gasteiger partial charge in [-0.15, -0.1) is 0 Å². The second-order valence-electron chi connectivity index (χ2n) is 3.51. The van der Waals surface area contributed by atoms with E-state index in [1.807, 2.05) is 11.8 Å². The highest BCUT2D eigenvalue weighted by Crippen LogP contribution is 2.33. The molecule has 1 nitrogen and oxygen atoms in total. The summed E-state index contributed by atoms with van der Waals surface area (Å²) in [5.41, 5.74) is 5.93. The van der Waals surface area contributed by atoms with Crippen LogP contribution in [0.4, 0.5) is 0 Å². The molecule has 0 aliphatic heterocycles. The molecule has 0 saturated heterocycles. The molecular formula is C9H19NS. The Morgan fingerprint density at radius 2 is 2.27 bits per heavy atom. The lowest BCUT2D eigenvalue weighted by atomic mass is 10.2. The van der Waals surface area contributed by atoms with E-state index in [1.54, 1.807) is 0 Å². The molecule has 1 atom stereocenters.